The van der Waals surface area contributed by atoms with Gasteiger partial charge in [-0.05, 0) is 70.3 Å². The smallest absolute Gasteiger partial charge is 0.264 e. The van der Waals surface area contributed by atoms with Crippen molar-refractivity contribution in [2.24, 2.45) is 0 Å². The highest BCUT2D eigenvalue weighted by Crippen LogP contribution is 2.40. The summed E-state index contributed by atoms with van der Waals surface area (Å²) >= 11 is 0. The van der Waals surface area contributed by atoms with Crippen LogP contribution in [0.3, 0.4) is 0 Å². The van der Waals surface area contributed by atoms with E-state index in [1.54, 1.807) is 16.5 Å². The SMILES string of the molecule is N#Cc1ccc(-c2ccc3c(=O)n4c(nc5cc(-c6ccccc6)cc(-c6ccccc6)c54)c4ccc(C#N)c2c34)cc1. The van der Waals surface area contributed by atoms with Gasteiger partial charge in [0.15, 0.2) is 0 Å². The van der Waals surface area contributed by atoms with Gasteiger partial charge in [0.05, 0.1) is 34.3 Å². The van der Waals surface area contributed by atoms with Gasteiger partial charge >= 0.3 is 0 Å². The summed E-state index contributed by atoms with van der Waals surface area (Å²) in [5, 5.41) is 22.2. The summed E-state index contributed by atoms with van der Waals surface area (Å²) < 4.78 is 1.73. The lowest BCUT2D eigenvalue weighted by Crippen LogP contribution is -2.14. The van der Waals surface area contributed by atoms with E-state index in [2.05, 4.69) is 42.5 Å². The molecule has 0 aliphatic heterocycles. The fourth-order valence-corrected chi connectivity index (χ4v) is 6.26. The molecular formula is C38H20N4O. The normalized spacial score (nSPS) is 11.3. The number of rotatable bonds is 3. The van der Waals surface area contributed by atoms with E-state index >= 15 is 0 Å². The third kappa shape index (κ3) is 3.63. The van der Waals surface area contributed by atoms with Crippen molar-refractivity contribution in [3.63, 3.8) is 0 Å². The van der Waals surface area contributed by atoms with Gasteiger partial charge in [0, 0.05) is 27.1 Å². The number of benzene rings is 6. The van der Waals surface area contributed by atoms with Crippen molar-refractivity contribution in [1.29, 1.82) is 10.5 Å². The van der Waals surface area contributed by atoms with Gasteiger partial charge in [0.1, 0.15) is 5.65 Å². The highest BCUT2D eigenvalue weighted by molar-refractivity contribution is 6.21. The number of pyridine rings is 1. The summed E-state index contributed by atoms with van der Waals surface area (Å²) in [5.74, 6) is 0. The third-order valence-corrected chi connectivity index (χ3v) is 8.22. The molecule has 0 saturated carbocycles. The van der Waals surface area contributed by atoms with Crippen LogP contribution in [0.2, 0.25) is 0 Å². The van der Waals surface area contributed by atoms with Crippen LogP contribution in [0.15, 0.2) is 126 Å². The zero-order valence-electron chi connectivity index (χ0n) is 22.7. The Morgan fingerprint density at radius 3 is 1.95 bits per heavy atom. The second-order valence-corrected chi connectivity index (χ2v) is 10.6. The molecule has 2 heterocycles. The van der Waals surface area contributed by atoms with Crippen LogP contribution in [0.5, 0.6) is 0 Å². The molecule has 43 heavy (non-hydrogen) atoms. The standard InChI is InChI=1S/C38H20N4O/c39-21-23-11-13-26(14-12-23)29-17-18-31-35-30(16-15-27(22-40)34(29)35)37-41-33-20-28(24-7-3-1-4-8-24)19-32(25-9-5-2-6-10-25)36(33)42(37)38(31)43/h1-20H. The Kier molecular flexibility index (Phi) is 5.34. The van der Waals surface area contributed by atoms with Crippen LogP contribution in [-0.4, -0.2) is 9.38 Å². The highest BCUT2D eigenvalue weighted by atomic mass is 16.1. The van der Waals surface area contributed by atoms with E-state index in [0.717, 1.165) is 55.2 Å². The van der Waals surface area contributed by atoms with Crippen molar-refractivity contribution in [2.45, 2.75) is 0 Å². The Labute approximate surface area is 246 Å². The predicted octanol–water partition coefficient (Wildman–Crippen LogP) is 8.34. The van der Waals surface area contributed by atoms with E-state index in [-0.39, 0.29) is 5.56 Å². The summed E-state index contributed by atoms with van der Waals surface area (Å²) in [6.45, 7) is 0. The lowest BCUT2D eigenvalue weighted by molar-refractivity contribution is 1.19. The maximum atomic E-state index is 14.4. The maximum Gasteiger partial charge on any atom is 0.264 e. The van der Waals surface area contributed by atoms with Gasteiger partial charge in [-0.1, -0.05) is 78.9 Å². The molecule has 5 heteroatoms. The molecule has 0 radical (unpaired) electrons. The maximum absolute atomic E-state index is 14.4. The van der Waals surface area contributed by atoms with Crippen LogP contribution < -0.4 is 5.56 Å². The molecule has 0 fully saturated rings. The van der Waals surface area contributed by atoms with Crippen LogP contribution in [0.1, 0.15) is 11.1 Å². The molecule has 0 amide bonds. The van der Waals surface area contributed by atoms with Crippen molar-refractivity contribution in [1.82, 2.24) is 9.38 Å². The molecule has 0 atom stereocenters. The van der Waals surface area contributed by atoms with E-state index < -0.39 is 0 Å². The molecule has 0 aliphatic rings. The molecule has 6 aromatic carbocycles. The van der Waals surface area contributed by atoms with Crippen molar-refractivity contribution in [3.05, 3.63) is 143 Å². The fraction of sp³-hybridized carbons (Fsp3) is 0. The second-order valence-electron chi connectivity index (χ2n) is 10.6. The number of fused-ring (bicyclic) bond motifs is 4. The van der Waals surface area contributed by atoms with E-state index in [1.807, 2.05) is 78.9 Å². The number of hydrogen-bond donors (Lipinski definition) is 0. The molecule has 0 unspecified atom stereocenters. The minimum atomic E-state index is -0.180. The molecule has 0 bridgehead atoms. The van der Waals surface area contributed by atoms with E-state index in [4.69, 9.17) is 4.98 Å². The number of imidazole rings is 1. The fourth-order valence-electron chi connectivity index (χ4n) is 6.26. The molecule has 0 N–H and O–H groups in total. The van der Waals surface area contributed by atoms with Gasteiger partial charge in [-0.3, -0.25) is 9.20 Å². The van der Waals surface area contributed by atoms with Crippen LogP contribution in [0, 0.1) is 22.7 Å². The number of nitriles is 2. The summed E-state index contributed by atoms with van der Waals surface area (Å²) in [5.41, 5.74) is 8.58. The predicted molar refractivity (Wildman–Crippen MR) is 171 cm³/mol. The van der Waals surface area contributed by atoms with Gasteiger partial charge < -0.3 is 0 Å². The molecule has 5 nitrogen and oxygen atoms in total. The molecule has 8 rings (SSSR count). The Bertz CT molecular complexity index is 2520. The van der Waals surface area contributed by atoms with E-state index in [9.17, 15) is 15.3 Å². The molecule has 0 saturated heterocycles. The molecule has 8 aromatic rings. The Hall–Kier alpha value is -6.30. The zero-order chi connectivity index (χ0) is 29.1. The van der Waals surface area contributed by atoms with E-state index in [1.165, 1.54) is 0 Å². The molecule has 0 spiro atoms. The first-order chi connectivity index (χ1) is 21.2. The lowest BCUT2D eigenvalue weighted by Gasteiger charge is -2.14. The van der Waals surface area contributed by atoms with Gasteiger partial charge in [0.25, 0.3) is 5.56 Å². The Morgan fingerprint density at radius 1 is 0.581 bits per heavy atom. The van der Waals surface area contributed by atoms with Crippen LogP contribution in [-0.2, 0) is 0 Å². The number of aromatic nitrogens is 2. The Balaban J connectivity index is 1.53. The third-order valence-electron chi connectivity index (χ3n) is 8.22. The average molecular weight is 549 g/mol. The number of hydrogen-bond acceptors (Lipinski definition) is 4. The topological polar surface area (TPSA) is 81.9 Å². The molecular weight excluding hydrogens is 528 g/mol. The highest BCUT2D eigenvalue weighted by Gasteiger charge is 2.22. The van der Waals surface area contributed by atoms with Gasteiger partial charge in [-0.15, -0.1) is 0 Å². The van der Waals surface area contributed by atoms with Crippen molar-refractivity contribution < 1.29 is 0 Å². The van der Waals surface area contributed by atoms with Gasteiger partial charge in [0.2, 0.25) is 0 Å². The second kappa shape index (κ2) is 9.38. The van der Waals surface area contributed by atoms with Gasteiger partial charge in [-0.25, -0.2) is 4.98 Å². The number of nitrogens with zero attached hydrogens (tertiary/aromatic N) is 4. The van der Waals surface area contributed by atoms with Crippen LogP contribution >= 0.6 is 0 Å². The average Bonchev–Trinajstić information content (AvgIpc) is 3.47. The van der Waals surface area contributed by atoms with Crippen LogP contribution in [0.4, 0.5) is 0 Å². The first-order valence-corrected chi connectivity index (χ1v) is 13.9. The zero-order valence-corrected chi connectivity index (χ0v) is 22.7. The Morgan fingerprint density at radius 2 is 1.26 bits per heavy atom. The lowest BCUT2D eigenvalue weighted by atomic mass is 9.91. The van der Waals surface area contributed by atoms with E-state index in [0.29, 0.717) is 27.5 Å². The minimum Gasteiger partial charge on any atom is -0.268 e. The molecule has 2 aromatic heterocycles. The summed E-state index contributed by atoms with van der Waals surface area (Å²) in [7, 11) is 0. The quantitative estimate of drug-likeness (QED) is 0.222. The van der Waals surface area contributed by atoms with Gasteiger partial charge in [-0.2, -0.15) is 10.5 Å². The first-order valence-electron chi connectivity index (χ1n) is 13.9. The minimum absolute atomic E-state index is 0.180. The van der Waals surface area contributed by atoms with Crippen molar-refractivity contribution in [3.8, 4) is 45.5 Å². The first kappa shape index (κ1) is 24.5. The largest absolute Gasteiger partial charge is 0.268 e. The summed E-state index contributed by atoms with van der Waals surface area (Å²) in [6, 6.07) is 43.6. The molecule has 0 aliphatic carbocycles. The summed E-state index contributed by atoms with van der Waals surface area (Å²) in [6.07, 6.45) is 0. The van der Waals surface area contributed by atoms with Crippen molar-refractivity contribution in [2.75, 3.05) is 0 Å². The molecule has 198 valence electrons. The van der Waals surface area contributed by atoms with Crippen molar-refractivity contribution >= 4 is 38.2 Å². The summed E-state index contributed by atoms with van der Waals surface area (Å²) in [4.78, 5) is 19.5. The monoisotopic (exact) mass is 548 g/mol. The van der Waals surface area contributed by atoms with Crippen LogP contribution in [0.25, 0.3) is 71.6 Å².